The number of hydrogen-bond donors (Lipinski definition) is 3. The minimum atomic E-state index is -3.61. The van der Waals surface area contributed by atoms with Crippen LogP contribution in [0.15, 0.2) is 23.4 Å². The van der Waals surface area contributed by atoms with E-state index in [0.717, 1.165) is 5.69 Å². The van der Waals surface area contributed by atoms with Crippen LogP contribution in [0.1, 0.15) is 5.69 Å². The number of aromatic nitrogens is 4. The van der Waals surface area contributed by atoms with Gasteiger partial charge in [-0.25, -0.2) is 13.1 Å². The summed E-state index contributed by atoms with van der Waals surface area (Å²) in [4.78, 5) is -0.0347. The number of rotatable bonds is 5. The number of nitrogen functional groups attached to an aromatic ring is 1. The highest BCUT2D eigenvalue weighted by molar-refractivity contribution is 7.89. The molecule has 0 aliphatic heterocycles. The summed E-state index contributed by atoms with van der Waals surface area (Å²) in [6, 6.07) is 1.83. The molecule has 18 heavy (non-hydrogen) atoms. The minimum absolute atomic E-state index is 0.0306. The Hall–Kier alpha value is -1.87. The van der Waals surface area contributed by atoms with Gasteiger partial charge in [0.25, 0.3) is 0 Å². The Morgan fingerprint density at radius 2 is 2.33 bits per heavy atom. The molecule has 0 unspecified atom stereocenters. The molecule has 0 radical (unpaired) electrons. The van der Waals surface area contributed by atoms with Gasteiger partial charge in [0, 0.05) is 31.9 Å². The van der Waals surface area contributed by atoms with Crippen molar-refractivity contribution >= 4 is 15.8 Å². The Balaban J connectivity index is 1.99. The Kier molecular flexibility index (Phi) is 3.34. The third kappa shape index (κ3) is 2.51. The second-order valence-electron chi connectivity index (χ2n) is 3.74. The summed E-state index contributed by atoms with van der Waals surface area (Å²) in [6.45, 7) is 0.270. The third-order valence-electron chi connectivity index (χ3n) is 2.52. The van der Waals surface area contributed by atoms with E-state index >= 15 is 0 Å². The Morgan fingerprint density at radius 1 is 1.56 bits per heavy atom. The van der Waals surface area contributed by atoms with Crippen molar-refractivity contribution in [3.05, 3.63) is 24.2 Å². The number of nitrogens with zero attached hydrogens (tertiary/aromatic N) is 3. The van der Waals surface area contributed by atoms with E-state index in [2.05, 4.69) is 20.0 Å². The predicted molar refractivity (Wildman–Crippen MR) is 65.1 cm³/mol. The smallest absolute Gasteiger partial charge is 0.245 e. The van der Waals surface area contributed by atoms with Crippen molar-refractivity contribution < 1.29 is 8.42 Å². The number of nitrogens with two attached hydrogens (primary N) is 1. The first-order valence-electron chi connectivity index (χ1n) is 5.26. The molecule has 0 spiro atoms. The lowest BCUT2D eigenvalue weighted by atomic mass is 10.3. The first-order valence-corrected chi connectivity index (χ1v) is 6.74. The van der Waals surface area contributed by atoms with Crippen molar-refractivity contribution in [2.45, 2.75) is 11.3 Å². The van der Waals surface area contributed by atoms with Gasteiger partial charge in [-0.2, -0.15) is 10.2 Å². The van der Waals surface area contributed by atoms with Gasteiger partial charge in [0.05, 0.1) is 6.20 Å². The molecular formula is C9H14N6O2S. The van der Waals surface area contributed by atoms with Gasteiger partial charge in [-0.15, -0.1) is 0 Å². The highest BCUT2D eigenvalue weighted by Crippen LogP contribution is 2.13. The van der Waals surface area contributed by atoms with Crippen molar-refractivity contribution in [1.29, 1.82) is 0 Å². The fourth-order valence-electron chi connectivity index (χ4n) is 1.54. The predicted octanol–water partition coefficient (Wildman–Crippen LogP) is -0.754. The summed E-state index contributed by atoms with van der Waals surface area (Å²) < 4.78 is 27.9. The molecular weight excluding hydrogens is 256 g/mol. The number of H-pyrrole nitrogens is 1. The summed E-state index contributed by atoms with van der Waals surface area (Å²) in [5, 5.41) is 9.96. The van der Waals surface area contributed by atoms with Crippen LogP contribution in [0.3, 0.4) is 0 Å². The van der Waals surface area contributed by atoms with Crippen molar-refractivity contribution in [2.75, 3.05) is 12.3 Å². The van der Waals surface area contributed by atoms with E-state index in [4.69, 9.17) is 5.73 Å². The van der Waals surface area contributed by atoms with Crippen LogP contribution in [0, 0.1) is 0 Å². The molecule has 4 N–H and O–H groups in total. The second-order valence-corrected chi connectivity index (χ2v) is 5.48. The zero-order chi connectivity index (χ0) is 13.2. The van der Waals surface area contributed by atoms with Crippen LogP contribution < -0.4 is 10.5 Å². The standard InChI is InChI=1S/C9H14N6O2S/c1-15-7(2-4-12-15)3-5-13-18(16,17)8-6-11-14-9(8)10/h2,4,6,13H,3,5H2,1H3,(H3,10,11,14). The Bertz CT molecular complexity index is 629. The van der Waals surface area contributed by atoms with Crippen LogP contribution in [0.25, 0.3) is 0 Å². The maximum atomic E-state index is 11.9. The summed E-state index contributed by atoms with van der Waals surface area (Å²) in [6.07, 6.45) is 3.40. The van der Waals surface area contributed by atoms with Crippen molar-refractivity contribution in [1.82, 2.24) is 24.7 Å². The first kappa shape index (κ1) is 12.6. The normalized spacial score (nSPS) is 11.8. The van der Waals surface area contributed by atoms with E-state index in [1.807, 2.05) is 6.07 Å². The van der Waals surface area contributed by atoms with Crippen molar-refractivity contribution in [2.24, 2.45) is 7.05 Å². The highest BCUT2D eigenvalue weighted by atomic mass is 32.2. The van der Waals surface area contributed by atoms with E-state index in [-0.39, 0.29) is 17.3 Å². The Morgan fingerprint density at radius 3 is 2.89 bits per heavy atom. The van der Waals surface area contributed by atoms with E-state index in [0.29, 0.717) is 6.42 Å². The molecule has 0 fully saturated rings. The molecule has 2 rings (SSSR count). The molecule has 2 aromatic rings. The lowest BCUT2D eigenvalue weighted by molar-refractivity contribution is 0.580. The quantitative estimate of drug-likeness (QED) is 0.660. The third-order valence-corrected chi connectivity index (χ3v) is 4.01. The molecule has 0 aliphatic rings. The van der Waals surface area contributed by atoms with Gasteiger partial charge < -0.3 is 5.73 Å². The van der Waals surface area contributed by atoms with Gasteiger partial charge in [0.15, 0.2) is 0 Å². The first-order chi connectivity index (χ1) is 8.50. The molecule has 2 aromatic heterocycles. The molecule has 0 bridgehead atoms. The summed E-state index contributed by atoms with van der Waals surface area (Å²) >= 11 is 0. The SMILES string of the molecule is Cn1nccc1CCNS(=O)(=O)c1cn[nH]c1N. The number of sulfonamides is 1. The number of hydrogen-bond acceptors (Lipinski definition) is 5. The van der Waals surface area contributed by atoms with Crippen LogP contribution in [-0.2, 0) is 23.5 Å². The van der Waals surface area contributed by atoms with Crippen LogP contribution in [0.4, 0.5) is 5.82 Å². The van der Waals surface area contributed by atoms with E-state index in [9.17, 15) is 8.42 Å². The Labute approximate surface area is 104 Å². The fraction of sp³-hybridized carbons (Fsp3) is 0.333. The number of nitrogens with one attached hydrogen (secondary N) is 2. The average molecular weight is 270 g/mol. The number of anilines is 1. The maximum absolute atomic E-state index is 11.9. The molecule has 0 aromatic carbocycles. The van der Waals surface area contributed by atoms with E-state index in [1.165, 1.54) is 6.20 Å². The van der Waals surface area contributed by atoms with Gasteiger partial charge in [0.2, 0.25) is 10.0 Å². The van der Waals surface area contributed by atoms with Crippen LogP contribution in [-0.4, -0.2) is 34.9 Å². The largest absolute Gasteiger partial charge is 0.383 e. The zero-order valence-electron chi connectivity index (χ0n) is 9.79. The van der Waals surface area contributed by atoms with Gasteiger partial charge in [0.1, 0.15) is 10.7 Å². The zero-order valence-corrected chi connectivity index (χ0v) is 10.6. The molecule has 98 valence electrons. The number of aryl methyl sites for hydroxylation is 1. The maximum Gasteiger partial charge on any atom is 0.245 e. The van der Waals surface area contributed by atoms with Gasteiger partial charge in [-0.3, -0.25) is 9.78 Å². The monoisotopic (exact) mass is 270 g/mol. The molecule has 0 amide bonds. The van der Waals surface area contributed by atoms with Crippen LogP contribution in [0.2, 0.25) is 0 Å². The van der Waals surface area contributed by atoms with Crippen molar-refractivity contribution in [3.63, 3.8) is 0 Å². The van der Waals surface area contributed by atoms with Crippen LogP contribution >= 0.6 is 0 Å². The number of aromatic amines is 1. The molecule has 2 heterocycles. The van der Waals surface area contributed by atoms with Crippen molar-refractivity contribution in [3.8, 4) is 0 Å². The van der Waals surface area contributed by atoms with E-state index in [1.54, 1.807) is 17.9 Å². The topological polar surface area (TPSA) is 119 Å². The lowest BCUT2D eigenvalue weighted by Gasteiger charge is -2.05. The minimum Gasteiger partial charge on any atom is -0.383 e. The summed E-state index contributed by atoms with van der Waals surface area (Å²) in [5.41, 5.74) is 6.41. The molecule has 0 aliphatic carbocycles. The summed E-state index contributed by atoms with van der Waals surface area (Å²) in [5.74, 6) is 0.0306. The molecule has 0 saturated heterocycles. The molecule has 0 atom stereocenters. The second kappa shape index (κ2) is 4.78. The van der Waals surface area contributed by atoms with Gasteiger partial charge in [-0.1, -0.05) is 0 Å². The molecule has 0 saturated carbocycles. The van der Waals surface area contributed by atoms with Crippen LogP contribution in [0.5, 0.6) is 0 Å². The fourth-order valence-corrected chi connectivity index (χ4v) is 2.59. The van der Waals surface area contributed by atoms with E-state index < -0.39 is 10.0 Å². The lowest BCUT2D eigenvalue weighted by Crippen LogP contribution is -2.26. The highest BCUT2D eigenvalue weighted by Gasteiger charge is 2.18. The average Bonchev–Trinajstić information content (AvgIpc) is 2.88. The summed E-state index contributed by atoms with van der Waals surface area (Å²) in [7, 11) is -1.81. The van der Waals surface area contributed by atoms with Gasteiger partial charge >= 0.3 is 0 Å². The molecule has 9 heteroatoms. The van der Waals surface area contributed by atoms with Gasteiger partial charge in [-0.05, 0) is 6.07 Å². The molecule has 8 nitrogen and oxygen atoms in total.